The second kappa shape index (κ2) is 4.85. The summed E-state index contributed by atoms with van der Waals surface area (Å²) in [4.78, 5) is 9.59. The van der Waals surface area contributed by atoms with Gasteiger partial charge in [0, 0.05) is 12.1 Å². The molecule has 0 amide bonds. The molecule has 0 bridgehead atoms. The molecule has 2 atom stereocenters. The third-order valence-corrected chi connectivity index (χ3v) is 3.05. The van der Waals surface area contributed by atoms with Gasteiger partial charge in [-0.2, -0.15) is 0 Å². The van der Waals surface area contributed by atoms with Crippen molar-refractivity contribution in [2.45, 2.75) is 25.4 Å². The van der Waals surface area contributed by atoms with Gasteiger partial charge in [-0.25, -0.2) is 4.98 Å². The highest BCUT2D eigenvalue weighted by Crippen LogP contribution is 2.25. The number of aromatic amines is 1. The lowest BCUT2D eigenvalue weighted by molar-refractivity contribution is 0.272. The fourth-order valence-corrected chi connectivity index (χ4v) is 2.16. The van der Waals surface area contributed by atoms with Crippen molar-refractivity contribution in [1.82, 2.24) is 14.9 Å². The Hall–Kier alpha value is -1.39. The molecule has 4 heteroatoms. The van der Waals surface area contributed by atoms with Crippen molar-refractivity contribution < 1.29 is 0 Å². The van der Waals surface area contributed by atoms with Gasteiger partial charge in [0.15, 0.2) is 0 Å². The number of nitrogens with two attached hydrogens (primary N) is 1. The molecule has 0 aliphatic heterocycles. The summed E-state index contributed by atoms with van der Waals surface area (Å²) in [6, 6.07) is 6.90. The number of H-pyrrole nitrogens is 1. The molecule has 1 aromatic heterocycles. The van der Waals surface area contributed by atoms with E-state index in [0.717, 1.165) is 17.5 Å². The SMILES string of the molecule is CC(N)CC(c1ccc2nc[nH]c2c1)N(C)C. The van der Waals surface area contributed by atoms with Crippen LogP contribution in [0.5, 0.6) is 0 Å². The molecule has 92 valence electrons. The second-order valence-electron chi connectivity index (χ2n) is 4.87. The minimum atomic E-state index is 0.194. The van der Waals surface area contributed by atoms with Gasteiger partial charge in [-0.3, -0.25) is 0 Å². The maximum atomic E-state index is 5.91. The first-order valence-corrected chi connectivity index (χ1v) is 5.93. The Bertz CT molecular complexity index is 487. The molecule has 1 heterocycles. The van der Waals surface area contributed by atoms with Gasteiger partial charge < -0.3 is 15.6 Å². The smallest absolute Gasteiger partial charge is 0.0931 e. The van der Waals surface area contributed by atoms with Crippen LogP contribution < -0.4 is 5.73 Å². The summed E-state index contributed by atoms with van der Waals surface area (Å²) < 4.78 is 0. The molecule has 0 aliphatic carbocycles. The number of imidazole rings is 1. The van der Waals surface area contributed by atoms with Gasteiger partial charge in [0.1, 0.15) is 0 Å². The molecular formula is C13H20N4. The Kier molecular flexibility index (Phi) is 3.45. The molecule has 0 saturated carbocycles. The van der Waals surface area contributed by atoms with Gasteiger partial charge in [-0.1, -0.05) is 6.07 Å². The Morgan fingerprint density at radius 3 is 2.82 bits per heavy atom. The topological polar surface area (TPSA) is 57.9 Å². The molecule has 2 aromatic rings. The van der Waals surface area contributed by atoms with Crippen LogP contribution in [-0.4, -0.2) is 35.0 Å². The van der Waals surface area contributed by atoms with E-state index in [0.29, 0.717) is 6.04 Å². The average molecular weight is 232 g/mol. The minimum Gasteiger partial charge on any atom is -0.345 e. The van der Waals surface area contributed by atoms with Gasteiger partial charge in [0.05, 0.1) is 17.4 Å². The van der Waals surface area contributed by atoms with Gasteiger partial charge in [0.25, 0.3) is 0 Å². The van der Waals surface area contributed by atoms with Crippen molar-refractivity contribution in [1.29, 1.82) is 0 Å². The summed E-state index contributed by atoms with van der Waals surface area (Å²) in [5.74, 6) is 0. The van der Waals surface area contributed by atoms with Crippen LogP contribution in [0.15, 0.2) is 24.5 Å². The van der Waals surface area contributed by atoms with Crippen LogP contribution in [0.2, 0.25) is 0 Å². The van der Waals surface area contributed by atoms with Crippen LogP contribution in [0, 0.1) is 0 Å². The molecule has 2 rings (SSSR count). The van der Waals surface area contributed by atoms with E-state index in [-0.39, 0.29) is 6.04 Å². The number of fused-ring (bicyclic) bond motifs is 1. The van der Waals surface area contributed by atoms with E-state index in [2.05, 4.69) is 47.2 Å². The molecular weight excluding hydrogens is 212 g/mol. The van der Waals surface area contributed by atoms with E-state index in [1.807, 2.05) is 6.92 Å². The Morgan fingerprint density at radius 2 is 2.18 bits per heavy atom. The van der Waals surface area contributed by atoms with E-state index in [9.17, 15) is 0 Å². The Morgan fingerprint density at radius 1 is 1.41 bits per heavy atom. The predicted molar refractivity (Wildman–Crippen MR) is 70.8 cm³/mol. The zero-order valence-corrected chi connectivity index (χ0v) is 10.6. The Balaban J connectivity index is 2.33. The third kappa shape index (κ3) is 2.65. The summed E-state index contributed by atoms with van der Waals surface area (Å²) >= 11 is 0. The third-order valence-electron chi connectivity index (χ3n) is 3.05. The van der Waals surface area contributed by atoms with Gasteiger partial charge in [0.2, 0.25) is 0 Å². The van der Waals surface area contributed by atoms with Crippen molar-refractivity contribution in [3.63, 3.8) is 0 Å². The van der Waals surface area contributed by atoms with Gasteiger partial charge >= 0.3 is 0 Å². The van der Waals surface area contributed by atoms with Crippen LogP contribution in [0.4, 0.5) is 0 Å². The number of aromatic nitrogens is 2. The van der Waals surface area contributed by atoms with Crippen molar-refractivity contribution in [3.05, 3.63) is 30.1 Å². The van der Waals surface area contributed by atoms with E-state index >= 15 is 0 Å². The van der Waals surface area contributed by atoms with Crippen molar-refractivity contribution in [3.8, 4) is 0 Å². The number of rotatable bonds is 4. The summed E-state index contributed by atoms with van der Waals surface area (Å²) in [5, 5.41) is 0. The fraction of sp³-hybridized carbons (Fsp3) is 0.462. The second-order valence-corrected chi connectivity index (χ2v) is 4.87. The minimum absolute atomic E-state index is 0.194. The van der Waals surface area contributed by atoms with Gasteiger partial charge in [-0.15, -0.1) is 0 Å². The van der Waals surface area contributed by atoms with Crippen LogP contribution in [-0.2, 0) is 0 Å². The highest BCUT2D eigenvalue weighted by molar-refractivity contribution is 5.75. The zero-order chi connectivity index (χ0) is 12.4. The van der Waals surface area contributed by atoms with Gasteiger partial charge in [-0.05, 0) is 45.1 Å². The van der Waals surface area contributed by atoms with Crippen LogP contribution in [0.1, 0.15) is 24.9 Å². The first-order chi connectivity index (χ1) is 8.08. The van der Waals surface area contributed by atoms with Crippen LogP contribution >= 0.6 is 0 Å². The van der Waals surface area contributed by atoms with E-state index in [1.165, 1.54) is 5.56 Å². The average Bonchev–Trinajstić information content (AvgIpc) is 2.72. The molecule has 1 aromatic carbocycles. The maximum Gasteiger partial charge on any atom is 0.0931 e. The number of nitrogens with one attached hydrogen (secondary N) is 1. The van der Waals surface area contributed by atoms with Crippen molar-refractivity contribution in [2.24, 2.45) is 5.73 Å². The maximum absolute atomic E-state index is 5.91. The first-order valence-electron chi connectivity index (χ1n) is 5.93. The standard InChI is InChI=1S/C13H20N4/c1-9(14)6-13(17(2)3)10-4-5-11-12(7-10)16-8-15-11/h4-5,7-9,13H,6,14H2,1-3H3,(H,15,16). The highest BCUT2D eigenvalue weighted by atomic mass is 15.1. The number of hydrogen-bond donors (Lipinski definition) is 2. The van der Waals surface area contributed by atoms with E-state index < -0.39 is 0 Å². The quantitative estimate of drug-likeness (QED) is 0.846. The molecule has 0 saturated heterocycles. The fourth-order valence-electron chi connectivity index (χ4n) is 2.16. The molecule has 3 N–H and O–H groups in total. The monoisotopic (exact) mass is 232 g/mol. The number of benzene rings is 1. The summed E-state index contributed by atoms with van der Waals surface area (Å²) in [6.45, 7) is 2.05. The van der Waals surface area contributed by atoms with Crippen molar-refractivity contribution in [2.75, 3.05) is 14.1 Å². The molecule has 4 nitrogen and oxygen atoms in total. The zero-order valence-electron chi connectivity index (χ0n) is 10.6. The van der Waals surface area contributed by atoms with Crippen molar-refractivity contribution >= 4 is 11.0 Å². The van der Waals surface area contributed by atoms with Crippen LogP contribution in [0.3, 0.4) is 0 Å². The summed E-state index contributed by atoms with van der Waals surface area (Å²) in [6.07, 6.45) is 2.68. The molecule has 17 heavy (non-hydrogen) atoms. The number of hydrogen-bond acceptors (Lipinski definition) is 3. The molecule has 0 aliphatic rings. The predicted octanol–water partition coefficient (Wildman–Crippen LogP) is 1.90. The molecule has 0 radical (unpaired) electrons. The van der Waals surface area contributed by atoms with Crippen LogP contribution in [0.25, 0.3) is 11.0 Å². The summed E-state index contributed by atoms with van der Waals surface area (Å²) in [7, 11) is 4.18. The molecule has 0 fully saturated rings. The van der Waals surface area contributed by atoms with E-state index in [1.54, 1.807) is 6.33 Å². The molecule has 0 spiro atoms. The lowest BCUT2D eigenvalue weighted by Gasteiger charge is -2.26. The summed E-state index contributed by atoms with van der Waals surface area (Å²) in [5.41, 5.74) is 9.28. The highest BCUT2D eigenvalue weighted by Gasteiger charge is 2.16. The lowest BCUT2D eigenvalue weighted by atomic mass is 9.99. The Labute approximate surface area is 102 Å². The normalized spacial score (nSPS) is 15.4. The van der Waals surface area contributed by atoms with E-state index in [4.69, 9.17) is 5.73 Å². The largest absolute Gasteiger partial charge is 0.345 e. The first kappa shape index (κ1) is 12.1. The lowest BCUT2D eigenvalue weighted by Crippen LogP contribution is -2.27. The number of nitrogens with zero attached hydrogens (tertiary/aromatic N) is 2. The molecule has 2 unspecified atom stereocenters.